The summed E-state index contributed by atoms with van der Waals surface area (Å²) in [5.41, 5.74) is 6.91. The highest BCUT2D eigenvalue weighted by molar-refractivity contribution is 7.16. The topological polar surface area (TPSA) is 119 Å². The number of alkyl halides is 6. The number of halogens is 7. The molecular weight excluding hydrogens is 1030 g/mol. The van der Waals surface area contributed by atoms with Crippen molar-refractivity contribution in [3.8, 4) is 0 Å². The minimum absolute atomic E-state index is 0.158. The summed E-state index contributed by atoms with van der Waals surface area (Å²) in [4.78, 5) is 1.36. The van der Waals surface area contributed by atoms with E-state index >= 15 is 0 Å². The maximum atomic E-state index is 12.3. The Balaban J connectivity index is 0.000000446. The molecule has 0 aromatic carbocycles. The summed E-state index contributed by atoms with van der Waals surface area (Å²) in [6.07, 6.45) is -5.54. The lowest BCUT2D eigenvalue weighted by Gasteiger charge is -2.13. The molecule has 0 amide bonds. The van der Waals surface area contributed by atoms with Crippen LogP contribution in [0.2, 0.25) is 4.34 Å². The van der Waals surface area contributed by atoms with Gasteiger partial charge in [-0.05, 0) is 93.5 Å². The molecule has 0 saturated heterocycles. The Bertz CT molecular complexity index is 2630. The smallest absolute Gasteiger partial charge is 0.449 e. The molecule has 7 rings (SSSR count). The van der Waals surface area contributed by atoms with Crippen molar-refractivity contribution in [3.63, 3.8) is 0 Å². The molecule has 0 bridgehead atoms. The molecule has 7 heterocycles. The Morgan fingerprint density at radius 3 is 1.34 bits per heavy atom. The van der Waals surface area contributed by atoms with Crippen LogP contribution in [-0.4, -0.2) is 39.7 Å². The van der Waals surface area contributed by atoms with E-state index < -0.39 is 23.8 Å². The third-order valence-corrected chi connectivity index (χ3v) is 12.7. The van der Waals surface area contributed by atoms with Crippen molar-refractivity contribution in [1.29, 1.82) is 0 Å². The minimum Gasteiger partial charge on any atom is -0.456 e. The maximum absolute atomic E-state index is 12.3. The van der Waals surface area contributed by atoms with E-state index in [9.17, 15) is 26.3 Å². The van der Waals surface area contributed by atoms with Gasteiger partial charge in [0.05, 0.1) is 27.6 Å². The average molecular weight is 1110 g/mol. The van der Waals surface area contributed by atoms with E-state index in [0.717, 1.165) is 27.2 Å². The Morgan fingerprint density at radius 2 is 1.09 bits per heavy atom. The highest BCUT2D eigenvalue weighted by Gasteiger charge is 2.39. The molecule has 0 unspecified atom stereocenters. The summed E-state index contributed by atoms with van der Waals surface area (Å²) in [5.74, 6) is 3.72. The summed E-state index contributed by atoms with van der Waals surface area (Å²) in [6.45, 7) is 42.3. The number of aryl methyl sites for hydroxylation is 7. The Labute approximate surface area is 458 Å². The zero-order valence-corrected chi connectivity index (χ0v) is 51.1. The van der Waals surface area contributed by atoms with Gasteiger partial charge in [0.25, 0.3) is 0 Å². The monoisotopic (exact) mass is 1110 g/mol. The molecule has 0 aliphatic rings. The van der Waals surface area contributed by atoms with Gasteiger partial charge >= 0.3 is 12.4 Å². The molecule has 7 aromatic heterocycles. The van der Waals surface area contributed by atoms with Crippen LogP contribution < -0.4 is 0 Å². The number of hydrogen-bond donors (Lipinski definition) is 0. The van der Waals surface area contributed by atoms with Crippen LogP contribution in [0, 0.1) is 27.7 Å². The normalized spacial score (nSPS) is 11.7. The van der Waals surface area contributed by atoms with E-state index in [1.807, 2.05) is 56.4 Å². The van der Waals surface area contributed by atoms with Crippen LogP contribution in [0.4, 0.5) is 26.3 Å². The van der Waals surface area contributed by atoms with Gasteiger partial charge in [0.15, 0.2) is 5.69 Å². The van der Waals surface area contributed by atoms with E-state index in [4.69, 9.17) is 20.6 Å². The van der Waals surface area contributed by atoms with Crippen molar-refractivity contribution in [3.05, 3.63) is 132 Å². The first-order chi connectivity index (χ1) is 34.7. The molecule has 19 heteroatoms. The largest absolute Gasteiger partial charge is 0.456 e. The molecule has 0 radical (unpaired) electrons. The van der Waals surface area contributed by atoms with Crippen LogP contribution in [0.15, 0.2) is 62.3 Å². The number of aromatic nitrogens is 8. The highest BCUT2D eigenvalue weighted by atomic mass is 35.5. The summed E-state index contributed by atoms with van der Waals surface area (Å²) < 4.78 is 94.5. The van der Waals surface area contributed by atoms with Crippen molar-refractivity contribution in [1.82, 2.24) is 39.7 Å². The number of rotatable bonds is 7. The zero-order valence-electron chi connectivity index (χ0n) is 49.5. The molecule has 76 heavy (non-hydrogen) atoms. The molecule has 0 aliphatic heterocycles. The molecule has 428 valence electrons. The second-order valence-electron chi connectivity index (χ2n) is 21.8. The molecule has 0 saturated carbocycles. The maximum Gasteiger partial charge on any atom is 0.449 e. The molecular formula is C57H87ClF6N8O3S. The number of nitrogens with zero attached hydrogens (tertiary/aromatic N) is 8. The molecule has 0 N–H and O–H groups in total. The quantitative estimate of drug-likeness (QED) is 0.145. The van der Waals surface area contributed by atoms with Crippen molar-refractivity contribution in [2.45, 2.75) is 205 Å². The summed E-state index contributed by atoms with van der Waals surface area (Å²) >= 11 is 7.38. The average Bonchev–Trinajstić information content (AvgIpc) is 4.14. The molecule has 0 atom stereocenters. The Kier molecular flexibility index (Phi) is 27.3. The van der Waals surface area contributed by atoms with Gasteiger partial charge in [0.2, 0.25) is 5.76 Å². The van der Waals surface area contributed by atoms with E-state index in [2.05, 4.69) is 138 Å². The lowest BCUT2D eigenvalue weighted by atomic mass is 9.92. The zero-order chi connectivity index (χ0) is 59.0. The van der Waals surface area contributed by atoms with Gasteiger partial charge in [0.1, 0.15) is 17.3 Å². The lowest BCUT2D eigenvalue weighted by molar-refractivity contribution is -0.154. The lowest BCUT2D eigenvalue weighted by Crippen LogP contribution is -2.12. The van der Waals surface area contributed by atoms with Gasteiger partial charge in [-0.2, -0.15) is 41.6 Å². The van der Waals surface area contributed by atoms with Crippen molar-refractivity contribution >= 4 is 22.9 Å². The van der Waals surface area contributed by atoms with Gasteiger partial charge in [-0.25, -0.2) is 0 Å². The van der Waals surface area contributed by atoms with Crippen LogP contribution in [0.5, 0.6) is 0 Å². The highest BCUT2D eigenvalue weighted by Crippen LogP contribution is 2.37. The van der Waals surface area contributed by atoms with Crippen LogP contribution >= 0.6 is 22.9 Å². The first kappa shape index (κ1) is 68.9. The molecule has 0 aliphatic carbocycles. The van der Waals surface area contributed by atoms with E-state index in [0.29, 0.717) is 35.3 Å². The first-order valence-electron chi connectivity index (χ1n) is 25.6. The minimum atomic E-state index is -4.38. The number of thiophene rings is 1. The molecule has 0 fully saturated rings. The fourth-order valence-electron chi connectivity index (χ4n) is 7.05. The van der Waals surface area contributed by atoms with Gasteiger partial charge in [-0.15, -0.1) is 11.3 Å². The summed E-state index contributed by atoms with van der Waals surface area (Å²) in [6, 6.07) is 11.8. The Morgan fingerprint density at radius 1 is 0.566 bits per heavy atom. The summed E-state index contributed by atoms with van der Waals surface area (Å²) in [5, 5.41) is 19.6. The molecule has 0 spiro atoms. The Hall–Kier alpha value is -5.10. The second-order valence-corrected chi connectivity index (χ2v) is 23.6. The van der Waals surface area contributed by atoms with Crippen LogP contribution in [-0.2, 0) is 38.9 Å². The SMILES string of the molecule is CC(C)c1cc(C(C)(C)C)nn1C.CC(C)c1ccc(Cl)s1.CC(C)c1cn(C)nc1C(F)(F)F.Cc1cc(C(C)C)c(C(F)(F)F)o1.Cc1cc(C(C)C)n(C)n1.Cc1cc(C(C)C)on1.Cc1oncc1C(C)C. The van der Waals surface area contributed by atoms with Crippen molar-refractivity contribution in [2.75, 3.05) is 0 Å². The standard InChI is InChI=1S/C11H20N2.C9H11F3O.C8H11F3N2.C8H14N2.C7H9ClS.2C7H11NO/c1-8(2)9-7-10(11(3,4)5)12-13(9)6;1-5(2)7-4-6(3)13-8(7)9(10,11)12;1-5(2)6-4-13(3)12-7(6)8(9,10)11;1-6(2)8-5-7(3)9-10(8)4;1-5(2)6-3-4-7(8)9-6;1-5(2)7-4-8-9-6(7)3;1-5(2)7-4-6(3)8-9-7/h7-8H,1-6H3;2*4-5H,1-3H3;5-6H,1-4H3;3-5H,1-2H3;2*4-5H,1-3H3. The van der Waals surface area contributed by atoms with Gasteiger partial charge < -0.3 is 13.5 Å². The van der Waals surface area contributed by atoms with Crippen molar-refractivity contribution < 1.29 is 39.8 Å². The van der Waals surface area contributed by atoms with Crippen LogP contribution in [0.3, 0.4) is 0 Å². The first-order valence-corrected chi connectivity index (χ1v) is 26.8. The number of hydrogen-bond acceptors (Lipinski definition) is 9. The van der Waals surface area contributed by atoms with E-state index in [1.54, 1.807) is 45.2 Å². The number of furan rings is 1. The van der Waals surface area contributed by atoms with Crippen LogP contribution in [0.1, 0.15) is 238 Å². The van der Waals surface area contributed by atoms with Crippen molar-refractivity contribution in [2.24, 2.45) is 21.1 Å². The second kappa shape index (κ2) is 30.2. The van der Waals surface area contributed by atoms with E-state index in [-0.39, 0.29) is 28.4 Å². The van der Waals surface area contributed by atoms with Crippen LogP contribution in [0.25, 0.3) is 0 Å². The fourth-order valence-corrected chi connectivity index (χ4v) is 8.11. The third kappa shape index (κ3) is 23.2. The molecule has 7 aromatic rings. The molecule has 11 nitrogen and oxygen atoms in total. The van der Waals surface area contributed by atoms with Gasteiger partial charge in [-0.1, -0.05) is 140 Å². The van der Waals surface area contributed by atoms with E-state index in [1.165, 1.54) is 58.4 Å². The summed E-state index contributed by atoms with van der Waals surface area (Å²) in [7, 11) is 5.49. The predicted octanol–water partition coefficient (Wildman–Crippen LogP) is 18.7. The van der Waals surface area contributed by atoms with Gasteiger partial charge in [-0.3, -0.25) is 14.0 Å². The van der Waals surface area contributed by atoms with Gasteiger partial charge in [0, 0.05) is 77.7 Å². The third-order valence-electron chi connectivity index (χ3n) is 11.2. The fraction of sp³-hybridized carbons (Fsp3) is 0.596. The predicted molar refractivity (Wildman–Crippen MR) is 297 cm³/mol.